The molecule has 0 aliphatic carbocycles. The lowest BCUT2D eigenvalue weighted by atomic mass is 9.87. The van der Waals surface area contributed by atoms with Gasteiger partial charge in [0.05, 0.1) is 5.39 Å². The van der Waals surface area contributed by atoms with E-state index in [4.69, 9.17) is 4.74 Å². The number of rotatable bonds is 4. The average Bonchev–Trinajstić information content (AvgIpc) is 2.66. The maximum absolute atomic E-state index is 12.8. The molecule has 0 radical (unpaired) electrons. The first-order valence-corrected chi connectivity index (χ1v) is 9.48. The predicted molar refractivity (Wildman–Crippen MR) is 111 cm³/mol. The quantitative estimate of drug-likeness (QED) is 0.632. The zero-order valence-corrected chi connectivity index (χ0v) is 17.1. The summed E-state index contributed by atoms with van der Waals surface area (Å²) in [6, 6.07) is 11.5. The summed E-state index contributed by atoms with van der Waals surface area (Å²) in [6.45, 7) is 11.0. The molecule has 2 heterocycles. The monoisotopic (exact) mass is 378 g/mol. The molecule has 3 rings (SSSR count). The van der Waals surface area contributed by atoms with Crippen LogP contribution in [0.15, 0.2) is 47.4 Å². The zero-order chi connectivity index (χ0) is 20.5. The first kappa shape index (κ1) is 19.8. The maximum Gasteiger partial charge on any atom is 0.344 e. The number of nitrogens with zero attached hydrogens (tertiary/aromatic N) is 2. The van der Waals surface area contributed by atoms with Crippen molar-refractivity contribution in [2.45, 2.75) is 53.2 Å². The van der Waals surface area contributed by atoms with E-state index in [-0.39, 0.29) is 23.0 Å². The number of aromatic nitrogens is 2. The van der Waals surface area contributed by atoms with Crippen LogP contribution in [0.1, 0.15) is 54.9 Å². The molecule has 28 heavy (non-hydrogen) atoms. The van der Waals surface area contributed by atoms with E-state index in [1.165, 1.54) is 5.56 Å². The smallest absolute Gasteiger partial charge is 0.344 e. The predicted octanol–water partition coefficient (Wildman–Crippen LogP) is 4.38. The molecule has 0 aliphatic heterocycles. The number of hydrogen-bond donors (Lipinski definition) is 0. The van der Waals surface area contributed by atoms with E-state index >= 15 is 0 Å². The molecule has 1 aromatic carbocycles. The minimum Gasteiger partial charge on any atom is -0.457 e. The van der Waals surface area contributed by atoms with Crippen LogP contribution in [0.3, 0.4) is 0 Å². The highest BCUT2D eigenvalue weighted by molar-refractivity contribution is 5.93. The minimum absolute atomic E-state index is 0.0336. The van der Waals surface area contributed by atoms with E-state index in [9.17, 15) is 9.59 Å². The van der Waals surface area contributed by atoms with Crippen LogP contribution < -0.4 is 5.43 Å². The summed E-state index contributed by atoms with van der Waals surface area (Å²) >= 11 is 0. The highest BCUT2D eigenvalue weighted by Gasteiger charge is 2.18. The molecule has 0 saturated heterocycles. The van der Waals surface area contributed by atoms with Crippen molar-refractivity contribution in [3.05, 3.63) is 75.2 Å². The zero-order valence-electron chi connectivity index (χ0n) is 17.1. The summed E-state index contributed by atoms with van der Waals surface area (Å²) in [4.78, 5) is 29.8. The Balaban J connectivity index is 1.85. The average molecular weight is 378 g/mol. The van der Waals surface area contributed by atoms with E-state index < -0.39 is 5.97 Å². The van der Waals surface area contributed by atoms with Gasteiger partial charge in [-0.1, -0.05) is 45.0 Å². The van der Waals surface area contributed by atoms with Crippen LogP contribution in [0.5, 0.6) is 0 Å². The number of pyridine rings is 2. The Morgan fingerprint density at radius 3 is 2.39 bits per heavy atom. The first-order valence-electron chi connectivity index (χ1n) is 9.48. The molecule has 0 atom stereocenters. The molecular formula is C23H26N2O3. The lowest BCUT2D eigenvalue weighted by Gasteiger charge is -2.19. The van der Waals surface area contributed by atoms with Gasteiger partial charge in [0.2, 0.25) is 5.43 Å². The third-order valence-electron chi connectivity index (χ3n) is 4.81. The maximum atomic E-state index is 12.8. The fourth-order valence-corrected chi connectivity index (χ4v) is 3.07. The van der Waals surface area contributed by atoms with Crippen molar-refractivity contribution in [3.63, 3.8) is 0 Å². The second-order valence-corrected chi connectivity index (χ2v) is 8.00. The van der Waals surface area contributed by atoms with Gasteiger partial charge in [-0.3, -0.25) is 4.79 Å². The molecule has 0 spiro atoms. The van der Waals surface area contributed by atoms with Gasteiger partial charge in [-0.25, -0.2) is 9.78 Å². The summed E-state index contributed by atoms with van der Waals surface area (Å²) in [6.07, 6.45) is 1.54. The summed E-state index contributed by atoms with van der Waals surface area (Å²) in [5, 5.41) is 0.427. The van der Waals surface area contributed by atoms with Crippen molar-refractivity contribution < 1.29 is 9.53 Å². The third kappa shape index (κ3) is 3.98. The SMILES string of the molecule is CCn1cc(C(=O)OCc2ccc(C(C)(C)C)cc2)c(=O)c2ccc(C)nc21. The van der Waals surface area contributed by atoms with E-state index in [1.54, 1.807) is 22.9 Å². The van der Waals surface area contributed by atoms with Crippen molar-refractivity contribution in [1.82, 2.24) is 9.55 Å². The molecule has 0 unspecified atom stereocenters. The molecule has 0 amide bonds. The van der Waals surface area contributed by atoms with Gasteiger partial charge in [0.1, 0.15) is 17.8 Å². The highest BCUT2D eigenvalue weighted by atomic mass is 16.5. The van der Waals surface area contributed by atoms with Crippen molar-refractivity contribution >= 4 is 17.0 Å². The van der Waals surface area contributed by atoms with Crippen molar-refractivity contribution in [2.24, 2.45) is 0 Å². The van der Waals surface area contributed by atoms with Crippen LogP contribution in [-0.2, 0) is 23.3 Å². The number of ether oxygens (including phenoxy) is 1. The number of aryl methyl sites for hydroxylation is 2. The summed E-state index contributed by atoms with van der Waals surface area (Å²) in [5.41, 5.74) is 3.26. The van der Waals surface area contributed by atoms with Gasteiger partial charge in [-0.2, -0.15) is 0 Å². The molecule has 0 bridgehead atoms. The molecule has 5 heteroatoms. The van der Waals surface area contributed by atoms with E-state index in [0.29, 0.717) is 17.6 Å². The molecule has 0 N–H and O–H groups in total. The lowest BCUT2D eigenvalue weighted by Crippen LogP contribution is -2.21. The minimum atomic E-state index is -0.616. The van der Waals surface area contributed by atoms with E-state index in [0.717, 1.165) is 11.3 Å². The van der Waals surface area contributed by atoms with Gasteiger partial charge < -0.3 is 9.30 Å². The fourth-order valence-electron chi connectivity index (χ4n) is 3.07. The normalized spacial score (nSPS) is 11.6. The Morgan fingerprint density at radius 1 is 1.11 bits per heavy atom. The Bertz CT molecular complexity index is 1070. The lowest BCUT2D eigenvalue weighted by molar-refractivity contribution is 0.0470. The molecule has 0 saturated carbocycles. The summed E-state index contributed by atoms with van der Waals surface area (Å²) < 4.78 is 7.22. The second-order valence-electron chi connectivity index (χ2n) is 8.00. The largest absolute Gasteiger partial charge is 0.457 e. The number of benzene rings is 1. The van der Waals surface area contributed by atoms with Crippen LogP contribution in [-0.4, -0.2) is 15.5 Å². The fraction of sp³-hybridized carbons (Fsp3) is 0.348. The number of hydrogen-bond acceptors (Lipinski definition) is 4. The number of esters is 1. The number of carbonyl (C=O) groups excluding carboxylic acids is 1. The van der Waals surface area contributed by atoms with Crippen molar-refractivity contribution in [1.29, 1.82) is 0 Å². The third-order valence-corrected chi connectivity index (χ3v) is 4.81. The highest BCUT2D eigenvalue weighted by Crippen LogP contribution is 2.22. The Hall–Kier alpha value is -2.95. The van der Waals surface area contributed by atoms with Gasteiger partial charge in [0.25, 0.3) is 0 Å². The molecule has 0 aliphatic rings. The first-order chi connectivity index (χ1) is 13.2. The molecule has 0 fully saturated rings. The summed E-state index contributed by atoms with van der Waals surface area (Å²) in [5.74, 6) is -0.616. The molecule has 146 valence electrons. The van der Waals surface area contributed by atoms with Gasteiger partial charge in [0, 0.05) is 18.4 Å². The number of fused-ring (bicyclic) bond motifs is 1. The van der Waals surface area contributed by atoms with Gasteiger partial charge in [0.15, 0.2) is 0 Å². The van der Waals surface area contributed by atoms with Gasteiger partial charge in [-0.15, -0.1) is 0 Å². The molecular weight excluding hydrogens is 352 g/mol. The second kappa shape index (κ2) is 7.58. The molecule has 2 aromatic heterocycles. The van der Waals surface area contributed by atoms with Crippen molar-refractivity contribution in [3.8, 4) is 0 Å². The van der Waals surface area contributed by atoms with Crippen LogP contribution in [0.25, 0.3) is 11.0 Å². The van der Waals surface area contributed by atoms with Gasteiger partial charge in [-0.05, 0) is 42.5 Å². The molecule has 3 aromatic rings. The van der Waals surface area contributed by atoms with Crippen LogP contribution in [0.4, 0.5) is 0 Å². The van der Waals surface area contributed by atoms with Crippen LogP contribution >= 0.6 is 0 Å². The summed E-state index contributed by atoms with van der Waals surface area (Å²) in [7, 11) is 0. The topological polar surface area (TPSA) is 61.2 Å². The van der Waals surface area contributed by atoms with Crippen molar-refractivity contribution in [2.75, 3.05) is 0 Å². The van der Waals surface area contributed by atoms with Gasteiger partial charge >= 0.3 is 5.97 Å². The Morgan fingerprint density at radius 2 is 1.79 bits per heavy atom. The molecule has 5 nitrogen and oxygen atoms in total. The number of carbonyl (C=O) groups is 1. The van der Waals surface area contributed by atoms with E-state index in [2.05, 4.69) is 25.8 Å². The van der Waals surface area contributed by atoms with Crippen LogP contribution in [0.2, 0.25) is 0 Å². The van der Waals surface area contributed by atoms with Crippen LogP contribution in [0, 0.1) is 6.92 Å². The Kier molecular flexibility index (Phi) is 5.36. The van der Waals surface area contributed by atoms with E-state index in [1.807, 2.05) is 38.1 Å². The Labute approximate surface area is 165 Å². The standard InChI is InChI=1S/C23H26N2O3/c1-6-25-13-19(20(26)18-12-7-15(2)24-21(18)25)22(27)28-14-16-8-10-17(11-9-16)23(3,4)5/h7-13H,6,14H2,1-5H3.